The highest BCUT2D eigenvalue weighted by Gasteiger charge is 2.72. The molecule has 4 rings (SSSR count). The average molecular weight is 545 g/mol. The maximum Gasteiger partial charge on any atom is 0.308 e. The van der Waals surface area contributed by atoms with Crippen molar-refractivity contribution < 1.29 is 38.9 Å². The van der Waals surface area contributed by atoms with Gasteiger partial charge in [0.2, 0.25) is 0 Å². The molecule has 0 aromatic carbocycles. The Morgan fingerprint density at radius 1 is 1.05 bits per heavy atom. The van der Waals surface area contributed by atoms with Crippen LogP contribution in [-0.2, 0) is 28.7 Å². The molecule has 0 saturated heterocycles. The first-order valence-corrected chi connectivity index (χ1v) is 14.1. The van der Waals surface area contributed by atoms with Gasteiger partial charge in [-0.3, -0.25) is 24.0 Å². The van der Waals surface area contributed by atoms with E-state index in [0.29, 0.717) is 24.0 Å². The lowest BCUT2D eigenvalue weighted by atomic mass is 9.42. The summed E-state index contributed by atoms with van der Waals surface area (Å²) < 4.78 is 4.71. The Bertz CT molecular complexity index is 1180. The van der Waals surface area contributed by atoms with Gasteiger partial charge in [-0.2, -0.15) is 0 Å². The van der Waals surface area contributed by atoms with Crippen molar-refractivity contribution in [1.82, 2.24) is 0 Å². The molecule has 2 saturated carbocycles. The third kappa shape index (κ3) is 4.03. The molecular weight excluding hydrogens is 500 g/mol. The summed E-state index contributed by atoms with van der Waals surface area (Å²) >= 11 is 0. The molecular formula is C31H44O8. The van der Waals surface area contributed by atoms with Gasteiger partial charge >= 0.3 is 5.97 Å². The molecule has 8 nitrogen and oxygen atoms in total. The van der Waals surface area contributed by atoms with Crippen LogP contribution in [0.5, 0.6) is 0 Å². The first-order chi connectivity index (χ1) is 17.8. The number of carbonyl (C=O) groups excluding carboxylic acids is 5. The average Bonchev–Trinajstić information content (AvgIpc) is 3.03. The molecule has 2 N–H and O–H groups in total. The van der Waals surface area contributed by atoms with E-state index in [9.17, 15) is 34.2 Å². The first kappa shape index (κ1) is 29.8. The molecule has 0 bridgehead atoms. The second-order valence-corrected chi connectivity index (χ2v) is 14.2. The maximum absolute atomic E-state index is 14.1. The summed E-state index contributed by atoms with van der Waals surface area (Å²) in [6.45, 7) is 12.5. The van der Waals surface area contributed by atoms with Crippen LogP contribution in [0.3, 0.4) is 0 Å². The number of hydrogen-bond acceptors (Lipinski definition) is 8. The zero-order valence-electron chi connectivity index (χ0n) is 24.6. The number of allylic oxidation sites excluding steroid dienone is 2. The summed E-state index contributed by atoms with van der Waals surface area (Å²) in [7, 11) is 1.25. The van der Waals surface area contributed by atoms with Crippen molar-refractivity contribution in [3.05, 3.63) is 11.1 Å². The van der Waals surface area contributed by atoms with Crippen LogP contribution >= 0.6 is 0 Å². The SMILES string of the molecule is COC(=O)[C@@H](C)CC(=O)C[C@](C)(O)[C@H]1CC(=O)[C@@]2(C)C3=C(C(=O)C[C@]12C)[C@@]1(C)CC[C@H](O)C(C)(C)[C@H]1CC3=O. The van der Waals surface area contributed by atoms with Crippen LogP contribution in [0.15, 0.2) is 11.1 Å². The number of ether oxygens (including phenoxy) is 1. The third-order valence-corrected chi connectivity index (χ3v) is 11.6. The summed E-state index contributed by atoms with van der Waals surface area (Å²) in [6.07, 6.45) is 0.164. The number of methoxy groups -OCH3 is 1. The minimum Gasteiger partial charge on any atom is -0.469 e. The van der Waals surface area contributed by atoms with Crippen LogP contribution in [0, 0.1) is 39.4 Å². The van der Waals surface area contributed by atoms with E-state index in [0.717, 1.165) is 0 Å². The molecule has 0 heterocycles. The zero-order valence-corrected chi connectivity index (χ0v) is 24.6. The number of esters is 1. The molecule has 0 amide bonds. The number of aliphatic hydroxyl groups is 2. The topological polar surface area (TPSA) is 135 Å². The standard InChI is InChI=1S/C31H44O8/c1-16(26(37)39-8)11-17(32)14-30(6,38)21-13-23(36)31(7)25-18(33)12-20-27(2,3)22(35)9-10-28(20,4)24(25)19(34)15-29(21,31)5/h16,20-22,35,38H,9-15H2,1-8H3/t16-,20+,21-,22-,28-,29+,30-,31-/m0/s1. The third-order valence-electron chi connectivity index (χ3n) is 11.6. The van der Waals surface area contributed by atoms with Gasteiger partial charge in [0.05, 0.1) is 30.1 Å². The summed E-state index contributed by atoms with van der Waals surface area (Å²) in [5.74, 6) is -3.10. The molecule has 0 spiro atoms. The summed E-state index contributed by atoms with van der Waals surface area (Å²) in [5, 5.41) is 22.5. The van der Waals surface area contributed by atoms with Crippen LogP contribution in [0.1, 0.15) is 93.4 Å². The van der Waals surface area contributed by atoms with E-state index in [2.05, 4.69) is 0 Å². The predicted octanol–water partition coefficient (Wildman–Crippen LogP) is 3.54. The molecule has 8 atom stereocenters. The van der Waals surface area contributed by atoms with E-state index in [1.807, 2.05) is 20.8 Å². The fourth-order valence-corrected chi connectivity index (χ4v) is 9.08. The number of ketones is 4. The molecule has 216 valence electrons. The highest BCUT2D eigenvalue weighted by atomic mass is 16.5. The van der Waals surface area contributed by atoms with Gasteiger partial charge in [0.1, 0.15) is 11.6 Å². The van der Waals surface area contributed by atoms with Crippen LogP contribution < -0.4 is 0 Å². The Balaban J connectivity index is 1.76. The van der Waals surface area contributed by atoms with Gasteiger partial charge in [0.25, 0.3) is 0 Å². The molecule has 0 radical (unpaired) electrons. The van der Waals surface area contributed by atoms with Gasteiger partial charge in [-0.1, -0.05) is 34.6 Å². The van der Waals surface area contributed by atoms with Crippen molar-refractivity contribution in [2.45, 2.75) is 105 Å². The smallest absolute Gasteiger partial charge is 0.308 e. The highest BCUT2D eigenvalue weighted by molar-refractivity contribution is 6.16. The number of hydrogen-bond donors (Lipinski definition) is 2. The molecule has 39 heavy (non-hydrogen) atoms. The van der Waals surface area contributed by atoms with Crippen molar-refractivity contribution in [3.63, 3.8) is 0 Å². The number of aliphatic hydroxyl groups excluding tert-OH is 1. The Labute approximate surface area is 230 Å². The molecule has 0 unspecified atom stereocenters. The van der Waals surface area contributed by atoms with Crippen LogP contribution in [0.4, 0.5) is 0 Å². The Kier molecular flexibility index (Phi) is 7.00. The minimum atomic E-state index is -1.63. The van der Waals surface area contributed by atoms with Crippen molar-refractivity contribution >= 4 is 29.1 Å². The first-order valence-electron chi connectivity index (χ1n) is 14.1. The van der Waals surface area contributed by atoms with E-state index in [-0.39, 0.29) is 61.2 Å². The van der Waals surface area contributed by atoms with Gasteiger partial charge in [-0.15, -0.1) is 0 Å². The van der Waals surface area contributed by atoms with E-state index in [1.54, 1.807) is 20.8 Å². The number of Topliss-reactive ketones (excluding diaryl/α,β-unsaturated/α-hetero) is 4. The zero-order chi connectivity index (χ0) is 29.5. The van der Waals surface area contributed by atoms with Gasteiger partial charge in [0, 0.05) is 54.6 Å². The van der Waals surface area contributed by atoms with Gasteiger partial charge in [0.15, 0.2) is 11.6 Å². The molecule has 0 aliphatic heterocycles. The Morgan fingerprint density at radius 3 is 2.26 bits per heavy atom. The van der Waals surface area contributed by atoms with Crippen molar-refractivity contribution in [1.29, 1.82) is 0 Å². The number of rotatable bonds is 6. The summed E-state index contributed by atoms with van der Waals surface area (Å²) in [5.41, 5.74) is -4.46. The lowest BCUT2D eigenvalue weighted by Crippen LogP contribution is -2.60. The summed E-state index contributed by atoms with van der Waals surface area (Å²) in [4.78, 5) is 66.7. The largest absolute Gasteiger partial charge is 0.469 e. The van der Waals surface area contributed by atoms with Crippen LogP contribution in [-0.4, -0.2) is 58.1 Å². The predicted molar refractivity (Wildman–Crippen MR) is 142 cm³/mol. The van der Waals surface area contributed by atoms with Crippen molar-refractivity contribution in [2.75, 3.05) is 7.11 Å². The number of fused-ring (bicyclic) bond motifs is 4. The van der Waals surface area contributed by atoms with E-state index in [4.69, 9.17) is 4.74 Å². The van der Waals surface area contributed by atoms with Crippen LogP contribution in [0.2, 0.25) is 0 Å². The van der Waals surface area contributed by atoms with Gasteiger partial charge in [-0.25, -0.2) is 0 Å². The second-order valence-electron chi connectivity index (χ2n) is 14.2. The quantitative estimate of drug-likeness (QED) is 0.485. The van der Waals surface area contributed by atoms with E-state index in [1.165, 1.54) is 14.0 Å². The lowest BCUT2D eigenvalue weighted by molar-refractivity contribution is -0.150. The fourth-order valence-electron chi connectivity index (χ4n) is 9.08. The fraction of sp³-hybridized carbons (Fsp3) is 0.774. The molecule has 0 aromatic heterocycles. The van der Waals surface area contributed by atoms with Crippen molar-refractivity contribution in [2.24, 2.45) is 39.4 Å². The lowest BCUT2D eigenvalue weighted by Gasteiger charge is -2.60. The molecule has 2 fully saturated rings. The highest BCUT2D eigenvalue weighted by Crippen LogP contribution is 2.70. The molecule has 8 heteroatoms. The maximum atomic E-state index is 14.1. The van der Waals surface area contributed by atoms with Gasteiger partial charge in [-0.05, 0) is 43.4 Å². The summed E-state index contributed by atoms with van der Waals surface area (Å²) in [6, 6.07) is 0. The monoisotopic (exact) mass is 544 g/mol. The van der Waals surface area contributed by atoms with Crippen LogP contribution in [0.25, 0.3) is 0 Å². The molecule has 4 aliphatic rings. The van der Waals surface area contributed by atoms with Gasteiger partial charge < -0.3 is 14.9 Å². The van der Waals surface area contributed by atoms with Crippen molar-refractivity contribution in [3.8, 4) is 0 Å². The molecule has 0 aromatic rings. The van der Waals surface area contributed by atoms with E-state index >= 15 is 0 Å². The normalized spacial score (nSPS) is 39.8. The second kappa shape index (κ2) is 9.16. The Hall–Kier alpha value is -2.19. The minimum absolute atomic E-state index is 0.0137. The van der Waals surface area contributed by atoms with E-state index < -0.39 is 51.2 Å². The Morgan fingerprint density at radius 2 is 1.67 bits per heavy atom. The number of carbonyl (C=O) groups is 5. The molecule has 4 aliphatic carbocycles.